The molecule has 7 heteroatoms. The largest absolute Gasteiger partial charge is 0.322 e. The Kier molecular flexibility index (Phi) is 4.51. The maximum atomic E-state index is 13.7. The molecule has 1 N–H and O–H groups in total. The van der Waals surface area contributed by atoms with E-state index in [2.05, 4.69) is 27.9 Å². The van der Waals surface area contributed by atoms with Gasteiger partial charge in [0.1, 0.15) is 5.82 Å². The number of nitrogens with one attached hydrogen (secondary N) is 1. The number of amides is 1. The van der Waals surface area contributed by atoms with E-state index in [0.29, 0.717) is 5.69 Å². The van der Waals surface area contributed by atoms with Crippen LogP contribution in [0.3, 0.4) is 0 Å². The van der Waals surface area contributed by atoms with Gasteiger partial charge in [-0.25, -0.2) is 4.39 Å². The van der Waals surface area contributed by atoms with Crippen molar-refractivity contribution in [2.75, 3.05) is 5.32 Å². The van der Waals surface area contributed by atoms with E-state index < -0.39 is 22.3 Å². The number of carbonyl (C=O) groups is 1. The summed E-state index contributed by atoms with van der Waals surface area (Å²) in [6, 6.07) is 9.09. The number of benzene rings is 2. The SMILES string of the molecule is Cc1c(F)cc(C(=O)Nc2cccc(I)c2)cc1[N+](=O)[O-]. The summed E-state index contributed by atoms with van der Waals surface area (Å²) in [5.41, 5.74) is -0.0622. The molecule has 0 unspecified atom stereocenters. The van der Waals surface area contributed by atoms with Crippen molar-refractivity contribution in [3.8, 4) is 0 Å². The molecule has 0 aromatic heterocycles. The number of hydrogen-bond acceptors (Lipinski definition) is 3. The summed E-state index contributed by atoms with van der Waals surface area (Å²) in [5, 5.41) is 13.4. The van der Waals surface area contributed by atoms with Crippen LogP contribution in [0.4, 0.5) is 15.8 Å². The number of rotatable bonds is 3. The number of anilines is 1. The number of carbonyl (C=O) groups excluding carboxylic acids is 1. The second-order valence-electron chi connectivity index (χ2n) is 4.32. The van der Waals surface area contributed by atoms with Crippen molar-refractivity contribution in [3.05, 3.63) is 67.0 Å². The van der Waals surface area contributed by atoms with Gasteiger partial charge in [-0.15, -0.1) is 0 Å². The van der Waals surface area contributed by atoms with E-state index in [-0.39, 0.29) is 11.1 Å². The highest BCUT2D eigenvalue weighted by Crippen LogP contribution is 2.23. The van der Waals surface area contributed by atoms with Crippen LogP contribution in [-0.4, -0.2) is 10.8 Å². The van der Waals surface area contributed by atoms with Gasteiger partial charge < -0.3 is 5.32 Å². The van der Waals surface area contributed by atoms with E-state index in [9.17, 15) is 19.3 Å². The maximum Gasteiger partial charge on any atom is 0.276 e. The Morgan fingerprint density at radius 1 is 1.33 bits per heavy atom. The van der Waals surface area contributed by atoms with Crippen molar-refractivity contribution in [1.29, 1.82) is 0 Å². The molecule has 0 heterocycles. The predicted molar refractivity (Wildman–Crippen MR) is 84.9 cm³/mol. The first-order valence-electron chi connectivity index (χ1n) is 5.90. The molecule has 2 aromatic rings. The lowest BCUT2D eigenvalue weighted by Gasteiger charge is -2.07. The van der Waals surface area contributed by atoms with Crippen molar-refractivity contribution in [1.82, 2.24) is 0 Å². The minimum Gasteiger partial charge on any atom is -0.322 e. The van der Waals surface area contributed by atoms with E-state index in [1.54, 1.807) is 18.2 Å². The van der Waals surface area contributed by atoms with Crippen molar-refractivity contribution in [2.45, 2.75) is 6.92 Å². The number of nitro groups is 1. The topological polar surface area (TPSA) is 72.2 Å². The molecule has 0 atom stereocenters. The van der Waals surface area contributed by atoms with Crippen LogP contribution in [0.2, 0.25) is 0 Å². The molecule has 2 aromatic carbocycles. The molecule has 0 bridgehead atoms. The Morgan fingerprint density at radius 3 is 2.67 bits per heavy atom. The van der Waals surface area contributed by atoms with Crippen LogP contribution in [0.25, 0.3) is 0 Å². The van der Waals surface area contributed by atoms with Gasteiger partial charge in [-0.1, -0.05) is 6.07 Å². The number of halogens is 2. The van der Waals surface area contributed by atoms with E-state index in [0.717, 1.165) is 15.7 Å². The fraction of sp³-hybridized carbons (Fsp3) is 0.0714. The molecule has 0 saturated carbocycles. The van der Waals surface area contributed by atoms with Gasteiger partial charge in [0.15, 0.2) is 0 Å². The monoisotopic (exact) mass is 400 g/mol. The van der Waals surface area contributed by atoms with Gasteiger partial charge in [0.2, 0.25) is 0 Å². The Morgan fingerprint density at radius 2 is 2.05 bits per heavy atom. The molecule has 108 valence electrons. The quantitative estimate of drug-likeness (QED) is 0.483. The average Bonchev–Trinajstić information content (AvgIpc) is 2.41. The lowest BCUT2D eigenvalue weighted by atomic mass is 10.1. The van der Waals surface area contributed by atoms with Gasteiger partial charge in [-0.2, -0.15) is 0 Å². The first-order chi connectivity index (χ1) is 9.88. The molecule has 0 fully saturated rings. The molecule has 21 heavy (non-hydrogen) atoms. The molecule has 0 aliphatic heterocycles. The highest BCUT2D eigenvalue weighted by atomic mass is 127. The van der Waals surface area contributed by atoms with Gasteiger partial charge in [0.25, 0.3) is 11.6 Å². The fourth-order valence-corrected chi connectivity index (χ4v) is 2.30. The minimum absolute atomic E-state index is 0.0918. The van der Waals surface area contributed by atoms with Crippen LogP contribution in [0.1, 0.15) is 15.9 Å². The van der Waals surface area contributed by atoms with Crippen LogP contribution in [-0.2, 0) is 0 Å². The Labute approximate surface area is 133 Å². The number of nitro benzene ring substituents is 1. The number of nitrogens with zero attached hydrogens (tertiary/aromatic N) is 1. The molecule has 0 saturated heterocycles. The zero-order valence-corrected chi connectivity index (χ0v) is 13.0. The molecule has 0 spiro atoms. The Bertz CT molecular complexity index is 734. The summed E-state index contributed by atoms with van der Waals surface area (Å²) in [6.45, 7) is 1.30. The molecule has 0 radical (unpaired) electrons. The predicted octanol–water partition coefficient (Wildman–Crippen LogP) is 3.90. The minimum atomic E-state index is -0.781. The summed E-state index contributed by atoms with van der Waals surface area (Å²) in [5.74, 6) is -1.38. The first-order valence-corrected chi connectivity index (χ1v) is 6.98. The fourth-order valence-electron chi connectivity index (χ4n) is 1.75. The van der Waals surface area contributed by atoms with Crippen LogP contribution in [0.5, 0.6) is 0 Å². The first kappa shape index (κ1) is 15.4. The second kappa shape index (κ2) is 6.17. The van der Waals surface area contributed by atoms with Crippen LogP contribution >= 0.6 is 22.6 Å². The van der Waals surface area contributed by atoms with Crippen molar-refractivity contribution in [2.24, 2.45) is 0 Å². The lowest BCUT2D eigenvalue weighted by Crippen LogP contribution is -2.13. The summed E-state index contributed by atoms with van der Waals surface area (Å²) in [4.78, 5) is 22.2. The van der Waals surface area contributed by atoms with Gasteiger partial charge >= 0.3 is 0 Å². The van der Waals surface area contributed by atoms with E-state index in [1.807, 2.05) is 6.07 Å². The van der Waals surface area contributed by atoms with Gasteiger partial charge in [-0.05, 0) is 53.8 Å². The zero-order valence-electron chi connectivity index (χ0n) is 10.9. The maximum absolute atomic E-state index is 13.7. The third kappa shape index (κ3) is 3.54. The van der Waals surface area contributed by atoms with Gasteiger partial charge in [-0.3, -0.25) is 14.9 Å². The summed E-state index contributed by atoms with van der Waals surface area (Å²) in [6.07, 6.45) is 0. The molecular weight excluding hydrogens is 390 g/mol. The summed E-state index contributed by atoms with van der Waals surface area (Å²) in [7, 11) is 0. The third-order valence-electron chi connectivity index (χ3n) is 2.86. The average molecular weight is 400 g/mol. The Hall–Kier alpha value is -2.03. The second-order valence-corrected chi connectivity index (χ2v) is 5.57. The zero-order chi connectivity index (χ0) is 15.6. The van der Waals surface area contributed by atoms with E-state index in [1.165, 1.54) is 6.92 Å². The van der Waals surface area contributed by atoms with Crippen molar-refractivity contribution >= 4 is 39.9 Å². The lowest BCUT2D eigenvalue weighted by molar-refractivity contribution is -0.385. The van der Waals surface area contributed by atoms with E-state index >= 15 is 0 Å². The Balaban J connectivity index is 2.33. The van der Waals surface area contributed by atoms with Crippen molar-refractivity contribution in [3.63, 3.8) is 0 Å². The summed E-state index contributed by atoms with van der Waals surface area (Å²) < 4.78 is 14.6. The number of hydrogen-bond donors (Lipinski definition) is 1. The molecule has 1 amide bonds. The third-order valence-corrected chi connectivity index (χ3v) is 3.53. The molecule has 5 nitrogen and oxygen atoms in total. The highest BCUT2D eigenvalue weighted by Gasteiger charge is 2.19. The highest BCUT2D eigenvalue weighted by molar-refractivity contribution is 14.1. The molecule has 0 aliphatic rings. The van der Waals surface area contributed by atoms with Crippen molar-refractivity contribution < 1.29 is 14.1 Å². The van der Waals surface area contributed by atoms with Crippen LogP contribution in [0, 0.1) is 26.4 Å². The summed E-state index contributed by atoms with van der Waals surface area (Å²) >= 11 is 2.09. The normalized spacial score (nSPS) is 10.2. The van der Waals surface area contributed by atoms with Gasteiger partial charge in [0.05, 0.1) is 10.5 Å². The molecule has 0 aliphatic carbocycles. The van der Waals surface area contributed by atoms with Gasteiger partial charge in [0, 0.05) is 20.9 Å². The van der Waals surface area contributed by atoms with Crippen LogP contribution in [0.15, 0.2) is 36.4 Å². The standard InChI is InChI=1S/C14H10FIN2O3/c1-8-12(15)5-9(6-13(8)18(20)21)14(19)17-11-4-2-3-10(16)7-11/h2-7H,1H3,(H,17,19). The molecule has 2 rings (SSSR count). The smallest absolute Gasteiger partial charge is 0.276 e. The van der Waals surface area contributed by atoms with E-state index in [4.69, 9.17) is 0 Å². The van der Waals surface area contributed by atoms with Crippen LogP contribution < -0.4 is 5.32 Å². The molecular formula is C14H10FIN2O3.